The summed E-state index contributed by atoms with van der Waals surface area (Å²) in [5.74, 6) is 4.74. The number of para-hydroxylation sites is 1. The summed E-state index contributed by atoms with van der Waals surface area (Å²) in [5.41, 5.74) is 2.02. The number of hydrogen-bond acceptors (Lipinski definition) is 8. The molecule has 0 bridgehead atoms. The van der Waals surface area contributed by atoms with E-state index in [1.54, 1.807) is 0 Å². The zero-order valence-corrected chi connectivity index (χ0v) is 23.5. The van der Waals surface area contributed by atoms with Gasteiger partial charge in [0, 0.05) is 44.2 Å². The first-order valence-corrected chi connectivity index (χ1v) is 14.0. The van der Waals surface area contributed by atoms with Crippen molar-refractivity contribution >= 4 is 22.7 Å². The van der Waals surface area contributed by atoms with Crippen LogP contribution in [0.5, 0.6) is 17.2 Å². The lowest BCUT2D eigenvalue weighted by Gasteiger charge is -2.29. The Kier molecular flexibility index (Phi) is 9.87. The van der Waals surface area contributed by atoms with Gasteiger partial charge in [0.25, 0.3) is 0 Å². The van der Waals surface area contributed by atoms with Crippen LogP contribution in [0.1, 0.15) is 52.0 Å². The van der Waals surface area contributed by atoms with Crippen LogP contribution >= 0.6 is 0 Å². The van der Waals surface area contributed by atoms with Crippen LogP contribution in [-0.4, -0.2) is 56.5 Å². The maximum atomic E-state index is 5.95. The number of nitrogens with zero attached hydrogens (tertiary/aromatic N) is 3. The molecular formula is C30H43N5O3. The predicted molar refractivity (Wildman–Crippen MR) is 155 cm³/mol. The molecule has 206 valence electrons. The van der Waals surface area contributed by atoms with Crippen molar-refractivity contribution in [1.29, 1.82) is 0 Å². The van der Waals surface area contributed by atoms with Gasteiger partial charge in [-0.25, -0.2) is 4.98 Å². The largest absolute Gasteiger partial charge is 0.494 e. The second-order valence-corrected chi connectivity index (χ2v) is 9.97. The third-order valence-electron chi connectivity index (χ3n) is 6.97. The summed E-state index contributed by atoms with van der Waals surface area (Å²) in [6.45, 7) is 9.46. The summed E-state index contributed by atoms with van der Waals surface area (Å²) in [7, 11) is 4.05. The summed E-state index contributed by atoms with van der Waals surface area (Å²) < 4.78 is 17.6. The second-order valence-electron chi connectivity index (χ2n) is 9.97. The Balaban J connectivity index is 1.33. The lowest BCUT2D eigenvalue weighted by molar-refractivity contribution is 0.297. The lowest BCUT2D eigenvalue weighted by Crippen LogP contribution is -2.31. The van der Waals surface area contributed by atoms with Crippen molar-refractivity contribution < 1.29 is 14.2 Å². The molecule has 0 unspecified atom stereocenters. The van der Waals surface area contributed by atoms with E-state index < -0.39 is 0 Å². The normalized spacial score (nSPS) is 17.3. The molecule has 3 aromatic rings. The first kappa shape index (κ1) is 27.8. The fourth-order valence-corrected chi connectivity index (χ4v) is 5.15. The monoisotopic (exact) mass is 521 g/mol. The van der Waals surface area contributed by atoms with Gasteiger partial charge in [-0.2, -0.15) is 4.98 Å². The molecule has 2 N–H and O–H groups in total. The number of benzene rings is 2. The molecule has 8 heteroatoms. The molecule has 0 spiro atoms. The maximum absolute atomic E-state index is 5.95. The van der Waals surface area contributed by atoms with Crippen LogP contribution in [0.4, 0.5) is 11.8 Å². The Morgan fingerprint density at radius 1 is 0.868 bits per heavy atom. The van der Waals surface area contributed by atoms with Crippen molar-refractivity contribution in [2.75, 3.05) is 50.7 Å². The molecule has 0 aliphatic heterocycles. The average molecular weight is 522 g/mol. The molecule has 0 saturated heterocycles. The summed E-state index contributed by atoms with van der Waals surface area (Å²) in [6.07, 6.45) is 4.55. The van der Waals surface area contributed by atoms with Crippen molar-refractivity contribution in [1.82, 2.24) is 15.3 Å². The summed E-state index contributed by atoms with van der Waals surface area (Å²) in [4.78, 5) is 11.7. The summed E-state index contributed by atoms with van der Waals surface area (Å²) >= 11 is 0. The Bertz CT molecular complexity index is 1150. The van der Waals surface area contributed by atoms with Gasteiger partial charge in [0.05, 0.1) is 30.9 Å². The van der Waals surface area contributed by atoms with Gasteiger partial charge in [-0.05, 0) is 71.0 Å². The predicted octanol–water partition coefficient (Wildman–Crippen LogP) is 5.65. The molecule has 8 nitrogen and oxygen atoms in total. The fourth-order valence-electron chi connectivity index (χ4n) is 5.15. The number of anilines is 2. The number of rotatable bonds is 13. The lowest BCUT2D eigenvalue weighted by atomic mass is 9.86. The van der Waals surface area contributed by atoms with E-state index in [-0.39, 0.29) is 0 Å². The highest BCUT2D eigenvalue weighted by Crippen LogP contribution is 2.35. The first-order chi connectivity index (χ1) is 18.5. The highest BCUT2D eigenvalue weighted by molar-refractivity contribution is 5.90. The summed E-state index contributed by atoms with van der Waals surface area (Å²) in [6, 6.07) is 12.5. The number of nitrogens with one attached hydrogen (secondary N) is 2. The number of fused-ring (bicyclic) bond motifs is 1. The molecule has 1 fully saturated rings. The van der Waals surface area contributed by atoms with Crippen LogP contribution in [0, 0.1) is 5.92 Å². The van der Waals surface area contributed by atoms with Crippen molar-refractivity contribution in [2.45, 2.75) is 59.0 Å². The van der Waals surface area contributed by atoms with Crippen molar-refractivity contribution in [2.24, 2.45) is 5.92 Å². The summed E-state index contributed by atoms with van der Waals surface area (Å²) in [5, 5.41) is 8.36. The molecule has 1 aromatic heterocycles. The second kappa shape index (κ2) is 13.5. The molecule has 1 aliphatic rings. The molecule has 0 radical (unpaired) electrons. The standard InChI is InChI=1S/C30H43N5O3/c1-6-36-23-17-27(37-7-2)25(28(18-23)38-8-3)20-31-19-21-13-15-22(16-14-21)32-30-33-26-12-10-9-11-24(26)29(34-30)35(4)5/h9-12,17-18,21-22,31H,6-8,13-16,19-20H2,1-5H3,(H,32,33,34)/t21-,22+. The average Bonchev–Trinajstić information content (AvgIpc) is 2.91. The van der Waals surface area contributed by atoms with Crippen LogP contribution in [0.3, 0.4) is 0 Å². The van der Waals surface area contributed by atoms with Crippen LogP contribution < -0.4 is 29.7 Å². The molecule has 0 amide bonds. The van der Waals surface area contributed by atoms with E-state index in [9.17, 15) is 0 Å². The van der Waals surface area contributed by atoms with Crippen molar-refractivity contribution in [3.05, 3.63) is 42.0 Å². The van der Waals surface area contributed by atoms with E-state index in [0.29, 0.717) is 38.3 Å². The smallest absolute Gasteiger partial charge is 0.225 e. The van der Waals surface area contributed by atoms with E-state index in [0.717, 1.165) is 64.9 Å². The molecular weight excluding hydrogens is 478 g/mol. The molecule has 4 rings (SSSR count). The third-order valence-corrected chi connectivity index (χ3v) is 6.97. The Hall–Kier alpha value is -3.26. The first-order valence-electron chi connectivity index (χ1n) is 14.0. The Morgan fingerprint density at radius 3 is 2.16 bits per heavy atom. The van der Waals surface area contributed by atoms with Gasteiger partial charge in [-0.3, -0.25) is 0 Å². The van der Waals surface area contributed by atoms with Crippen molar-refractivity contribution in [3.8, 4) is 17.2 Å². The topological polar surface area (TPSA) is 80.8 Å². The van der Waals surface area contributed by atoms with Gasteiger partial charge in [0.1, 0.15) is 23.1 Å². The molecule has 1 aliphatic carbocycles. The molecule has 38 heavy (non-hydrogen) atoms. The van der Waals surface area contributed by atoms with E-state index in [1.165, 1.54) is 12.8 Å². The van der Waals surface area contributed by atoms with Crippen molar-refractivity contribution in [3.63, 3.8) is 0 Å². The number of hydrogen-bond donors (Lipinski definition) is 2. The maximum Gasteiger partial charge on any atom is 0.225 e. The van der Waals surface area contributed by atoms with Crippen LogP contribution in [0.15, 0.2) is 36.4 Å². The van der Waals surface area contributed by atoms with Gasteiger partial charge in [-0.15, -0.1) is 0 Å². The molecule has 1 heterocycles. The number of ether oxygens (including phenoxy) is 3. The van der Waals surface area contributed by atoms with Crippen LogP contribution in [-0.2, 0) is 6.54 Å². The third kappa shape index (κ3) is 6.98. The van der Waals surface area contributed by atoms with E-state index in [4.69, 9.17) is 24.2 Å². The minimum atomic E-state index is 0.391. The van der Waals surface area contributed by atoms with Gasteiger partial charge in [0.2, 0.25) is 5.95 Å². The fraction of sp³-hybridized carbons (Fsp3) is 0.533. The zero-order valence-electron chi connectivity index (χ0n) is 23.5. The van der Waals surface area contributed by atoms with Crippen LogP contribution in [0.2, 0.25) is 0 Å². The highest BCUT2D eigenvalue weighted by atomic mass is 16.5. The van der Waals surface area contributed by atoms with E-state index in [1.807, 2.05) is 59.1 Å². The highest BCUT2D eigenvalue weighted by Gasteiger charge is 2.23. The SMILES string of the molecule is CCOc1cc(OCC)c(CNC[C@H]2CC[C@@H](Nc3nc(N(C)C)c4ccccc4n3)CC2)c(OCC)c1. The molecule has 2 aromatic carbocycles. The van der Waals surface area contributed by atoms with Crippen LogP contribution in [0.25, 0.3) is 10.9 Å². The van der Waals surface area contributed by atoms with Gasteiger partial charge in [0.15, 0.2) is 0 Å². The quantitative estimate of drug-likeness (QED) is 0.299. The Morgan fingerprint density at radius 2 is 1.53 bits per heavy atom. The van der Waals surface area contributed by atoms with Gasteiger partial charge in [-0.1, -0.05) is 12.1 Å². The molecule has 1 saturated carbocycles. The van der Waals surface area contributed by atoms with E-state index >= 15 is 0 Å². The minimum absolute atomic E-state index is 0.391. The van der Waals surface area contributed by atoms with Gasteiger partial charge < -0.3 is 29.7 Å². The van der Waals surface area contributed by atoms with E-state index in [2.05, 4.69) is 27.7 Å². The Labute approximate surface area is 227 Å². The number of aromatic nitrogens is 2. The van der Waals surface area contributed by atoms with Gasteiger partial charge >= 0.3 is 0 Å². The molecule has 0 atom stereocenters. The minimum Gasteiger partial charge on any atom is -0.494 e. The zero-order chi connectivity index (χ0) is 26.9.